The summed E-state index contributed by atoms with van der Waals surface area (Å²) in [5.74, 6) is 1.14. The van der Waals surface area contributed by atoms with Gasteiger partial charge in [-0.3, -0.25) is 0 Å². The van der Waals surface area contributed by atoms with Gasteiger partial charge in [-0.25, -0.2) is 0 Å². The van der Waals surface area contributed by atoms with Gasteiger partial charge in [0.25, 0.3) is 0 Å². The quantitative estimate of drug-likeness (QED) is 0.537. The van der Waals surface area contributed by atoms with Gasteiger partial charge in [0.2, 0.25) is 11.7 Å². The zero-order valence-corrected chi connectivity index (χ0v) is 13.0. The van der Waals surface area contributed by atoms with Gasteiger partial charge in [-0.15, -0.1) is 0 Å². The van der Waals surface area contributed by atoms with Crippen molar-refractivity contribution in [1.29, 1.82) is 0 Å². The predicted molar refractivity (Wildman–Crippen MR) is 93.6 cm³/mol. The summed E-state index contributed by atoms with van der Waals surface area (Å²) in [6.45, 7) is 0. The number of hydrogen-bond donors (Lipinski definition) is 0. The van der Waals surface area contributed by atoms with E-state index in [2.05, 4.69) is 34.4 Å². The molecule has 0 N–H and O–H groups in total. The molecule has 0 atom stereocenters. The molecular formula is C21H16N2O. The summed E-state index contributed by atoms with van der Waals surface area (Å²) < 4.78 is 5.63. The molecule has 1 aromatic heterocycles. The highest BCUT2D eigenvalue weighted by Gasteiger charge is 2.23. The summed E-state index contributed by atoms with van der Waals surface area (Å²) >= 11 is 0. The molecule has 0 aliphatic rings. The van der Waals surface area contributed by atoms with Crippen LogP contribution in [0.5, 0.6) is 0 Å². The maximum atomic E-state index is 5.63. The van der Waals surface area contributed by atoms with Gasteiger partial charge in [-0.05, 0) is 11.1 Å². The molecule has 0 unspecified atom stereocenters. The van der Waals surface area contributed by atoms with Crippen molar-refractivity contribution in [2.75, 3.05) is 0 Å². The van der Waals surface area contributed by atoms with Crippen molar-refractivity contribution in [3.8, 4) is 11.4 Å². The first-order chi connectivity index (χ1) is 11.9. The summed E-state index contributed by atoms with van der Waals surface area (Å²) in [7, 11) is 0. The Balaban J connectivity index is 1.79. The molecule has 0 saturated carbocycles. The van der Waals surface area contributed by atoms with Crippen molar-refractivity contribution in [1.82, 2.24) is 10.1 Å². The summed E-state index contributed by atoms with van der Waals surface area (Å²) in [4.78, 5) is 4.66. The Labute approximate surface area is 140 Å². The highest BCUT2D eigenvalue weighted by atomic mass is 16.5. The molecule has 0 amide bonds. The second-order valence-electron chi connectivity index (χ2n) is 5.58. The van der Waals surface area contributed by atoms with Gasteiger partial charge < -0.3 is 4.52 Å². The van der Waals surface area contributed by atoms with Crippen LogP contribution in [0.15, 0.2) is 95.5 Å². The normalized spacial score (nSPS) is 10.9. The van der Waals surface area contributed by atoms with E-state index in [-0.39, 0.29) is 5.92 Å². The molecule has 0 saturated heterocycles. The molecule has 0 radical (unpaired) electrons. The van der Waals surface area contributed by atoms with Gasteiger partial charge in [0.15, 0.2) is 0 Å². The predicted octanol–water partition coefficient (Wildman–Crippen LogP) is 4.92. The van der Waals surface area contributed by atoms with Gasteiger partial charge in [0.1, 0.15) is 0 Å². The lowest BCUT2D eigenvalue weighted by molar-refractivity contribution is 0.375. The fourth-order valence-corrected chi connectivity index (χ4v) is 2.83. The van der Waals surface area contributed by atoms with Crippen LogP contribution in [0, 0.1) is 0 Å². The first-order valence-corrected chi connectivity index (χ1v) is 7.91. The van der Waals surface area contributed by atoms with Crippen LogP contribution in [0.1, 0.15) is 22.9 Å². The molecule has 0 aliphatic carbocycles. The van der Waals surface area contributed by atoms with E-state index in [0.29, 0.717) is 11.7 Å². The molecule has 0 aliphatic heterocycles. The third-order valence-electron chi connectivity index (χ3n) is 3.99. The van der Waals surface area contributed by atoms with Gasteiger partial charge in [0.05, 0.1) is 5.92 Å². The van der Waals surface area contributed by atoms with Gasteiger partial charge >= 0.3 is 0 Å². The molecule has 3 aromatic carbocycles. The molecule has 3 heteroatoms. The topological polar surface area (TPSA) is 38.9 Å². The van der Waals surface area contributed by atoms with Crippen molar-refractivity contribution in [3.05, 3.63) is 108 Å². The van der Waals surface area contributed by atoms with Crippen LogP contribution < -0.4 is 0 Å². The van der Waals surface area contributed by atoms with E-state index in [0.717, 1.165) is 16.7 Å². The van der Waals surface area contributed by atoms with Crippen LogP contribution in [0.25, 0.3) is 11.4 Å². The zero-order valence-electron chi connectivity index (χ0n) is 13.0. The van der Waals surface area contributed by atoms with E-state index in [9.17, 15) is 0 Å². The number of nitrogens with zero attached hydrogens (tertiary/aromatic N) is 2. The molecule has 0 spiro atoms. The van der Waals surface area contributed by atoms with Gasteiger partial charge in [0, 0.05) is 5.56 Å². The maximum Gasteiger partial charge on any atom is 0.238 e. The highest BCUT2D eigenvalue weighted by Crippen LogP contribution is 2.31. The molecule has 4 rings (SSSR count). The summed E-state index contributed by atoms with van der Waals surface area (Å²) in [5, 5.41) is 4.17. The molecular weight excluding hydrogens is 296 g/mol. The van der Waals surface area contributed by atoms with E-state index in [4.69, 9.17) is 4.52 Å². The van der Waals surface area contributed by atoms with Crippen LogP contribution in [-0.2, 0) is 0 Å². The van der Waals surface area contributed by atoms with Crippen LogP contribution in [-0.4, -0.2) is 10.1 Å². The fraction of sp³-hybridized carbons (Fsp3) is 0.0476. The fourth-order valence-electron chi connectivity index (χ4n) is 2.83. The number of benzene rings is 3. The monoisotopic (exact) mass is 312 g/mol. The van der Waals surface area contributed by atoms with Crippen molar-refractivity contribution < 1.29 is 4.52 Å². The van der Waals surface area contributed by atoms with E-state index in [1.165, 1.54) is 0 Å². The third kappa shape index (κ3) is 2.84. The minimum atomic E-state index is -0.0719. The average Bonchev–Trinajstić information content (AvgIpc) is 3.14. The zero-order chi connectivity index (χ0) is 16.2. The third-order valence-corrected chi connectivity index (χ3v) is 3.99. The highest BCUT2D eigenvalue weighted by molar-refractivity contribution is 5.54. The Kier molecular flexibility index (Phi) is 3.90. The molecule has 0 bridgehead atoms. The Morgan fingerprint density at radius 1 is 0.625 bits per heavy atom. The van der Waals surface area contributed by atoms with Crippen molar-refractivity contribution in [2.45, 2.75) is 5.92 Å². The van der Waals surface area contributed by atoms with Crippen LogP contribution >= 0.6 is 0 Å². The molecule has 3 nitrogen and oxygen atoms in total. The largest absolute Gasteiger partial charge is 0.338 e. The number of rotatable bonds is 4. The van der Waals surface area contributed by atoms with E-state index < -0.39 is 0 Å². The van der Waals surface area contributed by atoms with Crippen LogP contribution in [0.3, 0.4) is 0 Å². The maximum absolute atomic E-state index is 5.63. The van der Waals surface area contributed by atoms with E-state index in [1.807, 2.05) is 66.7 Å². The number of hydrogen-bond acceptors (Lipinski definition) is 3. The minimum Gasteiger partial charge on any atom is -0.338 e. The smallest absolute Gasteiger partial charge is 0.238 e. The standard InChI is InChI=1S/C21H16N2O/c1-4-10-16(11-5-1)19(17-12-6-2-7-13-17)21-22-20(23-24-21)18-14-8-3-9-15-18/h1-15,19H. The van der Waals surface area contributed by atoms with Crippen LogP contribution in [0.4, 0.5) is 0 Å². The second-order valence-corrected chi connectivity index (χ2v) is 5.58. The minimum absolute atomic E-state index is 0.0719. The molecule has 24 heavy (non-hydrogen) atoms. The lowest BCUT2D eigenvalue weighted by atomic mass is 9.91. The van der Waals surface area contributed by atoms with Crippen molar-refractivity contribution in [2.24, 2.45) is 0 Å². The Morgan fingerprint density at radius 2 is 1.12 bits per heavy atom. The summed E-state index contributed by atoms with van der Waals surface area (Å²) in [5.41, 5.74) is 3.21. The molecule has 4 aromatic rings. The first-order valence-electron chi connectivity index (χ1n) is 7.91. The van der Waals surface area contributed by atoms with Gasteiger partial charge in [-0.2, -0.15) is 4.98 Å². The lowest BCUT2D eigenvalue weighted by Gasteiger charge is -2.13. The van der Waals surface area contributed by atoms with Crippen molar-refractivity contribution >= 4 is 0 Å². The van der Waals surface area contributed by atoms with E-state index in [1.54, 1.807) is 0 Å². The summed E-state index contributed by atoms with van der Waals surface area (Å²) in [6.07, 6.45) is 0. The number of aromatic nitrogens is 2. The Bertz CT molecular complexity index is 863. The molecule has 0 fully saturated rings. The molecule has 116 valence electrons. The SMILES string of the molecule is c1ccc(-c2noc(C(c3ccccc3)c3ccccc3)n2)cc1. The Morgan fingerprint density at radius 3 is 1.67 bits per heavy atom. The van der Waals surface area contributed by atoms with E-state index >= 15 is 0 Å². The Hall–Kier alpha value is -3.20. The lowest BCUT2D eigenvalue weighted by Crippen LogP contribution is -2.03. The second kappa shape index (κ2) is 6.50. The van der Waals surface area contributed by atoms with Gasteiger partial charge in [-0.1, -0.05) is 96.2 Å². The van der Waals surface area contributed by atoms with Crippen LogP contribution in [0.2, 0.25) is 0 Å². The summed E-state index contributed by atoms with van der Waals surface area (Å²) in [6, 6.07) is 30.4. The average molecular weight is 312 g/mol. The van der Waals surface area contributed by atoms with Crippen molar-refractivity contribution in [3.63, 3.8) is 0 Å². The molecule has 1 heterocycles. The first kappa shape index (κ1) is 14.4.